The van der Waals surface area contributed by atoms with Gasteiger partial charge in [0, 0.05) is 48.5 Å². The van der Waals surface area contributed by atoms with E-state index in [2.05, 4.69) is 198 Å². The number of benzene rings is 8. The average Bonchev–Trinajstić information content (AvgIpc) is 3.93. The Morgan fingerprint density at radius 2 is 1.29 bits per heavy atom. The number of hydrogen-bond donors (Lipinski definition) is 0. The molecule has 0 atom stereocenters. The molecule has 69 heavy (non-hydrogen) atoms. The zero-order valence-corrected chi connectivity index (χ0v) is 43.0. The van der Waals surface area contributed by atoms with E-state index in [1.54, 1.807) is 0 Å². The van der Waals surface area contributed by atoms with Crippen molar-refractivity contribution in [2.45, 2.75) is 90.9 Å². The van der Waals surface area contributed by atoms with E-state index < -0.39 is 0 Å². The van der Waals surface area contributed by atoms with Crippen LogP contribution >= 0.6 is 0 Å². The van der Waals surface area contributed by atoms with Gasteiger partial charge in [-0.1, -0.05) is 145 Å². The number of hydrogen-bond acceptors (Lipinski definition) is 4. The Morgan fingerprint density at radius 3 is 2.04 bits per heavy atom. The van der Waals surface area contributed by atoms with Gasteiger partial charge in [-0.05, 0) is 116 Å². The van der Waals surface area contributed by atoms with E-state index in [4.69, 9.17) is 14.4 Å². The minimum Gasteiger partial charge on any atom is -0.501 e. The third-order valence-electron chi connectivity index (χ3n) is 14.3. The van der Waals surface area contributed by atoms with Crippen molar-refractivity contribution in [1.82, 2.24) is 19.5 Å². The summed E-state index contributed by atoms with van der Waals surface area (Å²) in [7, 11) is 0. The summed E-state index contributed by atoms with van der Waals surface area (Å²) in [5.74, 6) is 2.19. The Morgan fingerprint density at radius 1 is 0.594 bits per heavy atom. The molecule has 0 fully saturated rings. The fourth-order valence-electron chi connectivity index (χ4n) is 10.4. The van der Waals surface area contributed by atoms with E-state index in [1.807, 2.05) is 36.5 Å². The molecule has 12 rings (SSSR count). The Bertz CT molecular complexity index is 3660. The van der Waals surface area contributed by atoms with Crippen LogP contribution in [0.3, 0.4) is 0 Å². The minimum absolute atomic E-state index is 0. The third kappa shape index (κ3) is 8.18. The molecule has 3 heterocycles. The second-order valence-electron chi connectivity index (χ2n) is 20.5. The maximum Gasteiger partial charge on any atom is 0.121 e. The van der Waals surface area contributed by atoms with E-state index in [0.29, 0.717) is 0 Å². The summed E-state index contributed by atoms with van der Waals surface area (Å²) in [6, 6.07) is 60.2. The van der Waals surface area contributed by atoms with Gasteiger partial charge in [0.2, 0.25) is 0 Å². The summed E-state index contributed by atoms with van der Waals surface area (Å²) in [5.41, 5.74) is 14.6. The van der Waals surface area contributed by atoms with E-state index in [1.165, 1.54) is 73.6 Å². The molecule has 0 saturated carbocycles. The fraction of sp³-hybridized carbons (Fsp3) is 0.222. The predicted octanol–water partition coefficient (Wildman–Crippen LogP) is 16.9. The van der Waals surface area contributed by atoms with Crippen LogP contribution in [-0.2, 0) is 30.9 Å². The Kier molecular flexibility index (Phi) is 12.0. The van der Waals surface area contributed by atoms with E-state index in [-0.39, 0.29) is 42.8 Å². The molecule has 11 aromatic rings. The molecule has 0 spiro atoms. The van der Waals surface area contributed by atoms with Gasteiger partial charge in [-0.3, -0.25) is 15.0 Å². The zero-order chi connectivity index (χ0) is 46.9. The first-order valence-corrected chi connectivity index (χ1v) is 24.1. The van der Waals surface area contributed by atoms with Gasteiger partial charge < -0.3 is 8.98 Å². The summed E-state index contributed by atoms with van der Waals surface area (Å²) in [4.78, 5) is 14.8. The summed E-state index contributed by atoms with van der Waals surface area (Å²) in [6.07, 6.45) is 4.38. The smallest absolute Gasteiger partial charge is 0.121 e. The molecule has 0 saturated heterocycles. The van der Waals surface area contributed by atoms with Crippen LogP contribution in [0.1, 0.15) is 102 Å². The molecule has 345 valence electrons. The van der Waals surface area contributed by atoms with Crippen molar-refractivity contribution >= 4 is 54.5 Å². The quantitative estimate of drug-likeness (QED) is 0.123. The van der Waals surface area contributed by atoms with Gasteiger partial charge in [0.05, 0.1) is 28.3 Å². The number of rotatable bonds is 6. The molecule has 1 radical (unpaired) electrons. The third-order valence-corrected chi connectivity index (χ3v) is 14.3. The number of fused-ring (bicyclic) bond motifs is 8. The standard InChI is InChI=1S/C45H35N2O.C18H21N2.Ir/c1-27(2)36-24-32(29-13-6-5-7-14-29)25-37(28(3)4)43(36)47-41-20-11-10-19-40(41)46-45(47)35-18-12-17-34-39-23-31-22-21-30-15-8-9-16-33(30)38(31)26-42(39)48-44(34)35;1-17(2)10-11-18(3,4)15-14(17)12-19-16(20-15)13-8-6-5-7-9-13;/h5-17,19-28H,1-4H3;5-8,12H,10-11H2,1-4H3;/q2*-1;. The van der Waals surface area contributed by atoms with E-state index in [0.717, 1.165) is 55.7 Å². The van der Waals surface area contributed by atoms with Crippen molar-refractivity contribution < 1.29 is 24.5 Å². The second kappa shape index (κ2) is 18.0. The molecule has 1 aliphatic carbocycles. The number of nitrogens with zero attached hydrogens (tertiary/aromatic N) is 4. The summed E-state index contributed by atoms with van der Waals surface area (Å²) < 4.78 is 9.20. The molecular formula is C63H56IrN4O-2. The predicted molar refractivity (Wildman–Crippen MR) is 283 cm³/mol. The summed E-state index contributed by atoms with van der Waals surface area (Å²) >= 11 is 0. The normalized spacial score (nSPS) is 14.1. The van der Waals surface area contributed by atoms with Crippen molar-refractivity contribution in [2.24, 2.45) is 0 Å². The molecule has 0 unspecified atom stereocenters. The maximum absolute atomic E-state index is 6.83. The van der Waals surface area contributed by atoms with Crippen LogP contribution in [0.25, 0.3) is 94.1 Å². The van der Waals surface area contributed by atoms with Crippen molar-refractivity contribution in [3.05, 3.63) is 192 Å². The van der Waals surface area contributed by atoms with Crippen molar-refractivity contribution in [1.29, 1.82) is 0 Å². The first kappa shape index (κ1) is 46.0. The Labute approximate surface area is 419 Å². The van der Waals surface area contributed by atoms with E-state index >= 15 is 0 Å². The fourth-order valence-corrected chi connectivity index (χ4v) is 10.4. The number of para-hydroxylation sites is 2. The van der Waals surface area contributed by atoms with E-state index in [9.17, 15) is 0 Å². The minimum atomic E-state index is 0. The Hall–Kier alpha value is -6.72. The van der Waals surface area contributed by atoms with Crippen LogP contribution in [0.15, 0.2) is 162 Å². The first-order valence-electron chi connectivity index (χ1n) is 24.1. The maximum atomic E-state index is 6.83. The van der Waals surface area contributed by atoms with Gasteiger partial charge in [-0.25, -0.2) is 0 Å². The topological polar surface area (TPSA) is 56.7 Å². The van der Waals surface area contributed by atoms with Gasteiger partial charge in [0.25, 0.3) is 0 Å². The first-order chi connectivity index (χ1) is 32.9. The molecule has 8 aromatic carbocycles. The van der Waals surface area contributed by atoms with Gasteiger partial charge in [0.1, 0.15) is 5.58 Å². The zero-order valence-electron chi connectivity index (χ0n) is 40.6. The van der Waals surface area contributed by atoms with Gasteiger partial charge in [-0.15, -0.1) is 54.1 Å². The number of aromatic nitrogens is 4. The van der Waals surface area contributed by atoms with Crippen molar-refractivity contribution in [2.75, 3.05) is 0 Å². The number of imidazole rings is 1. The molecule has 0 aliphatic heterocycles. The Balaban J connectivity index is 0.000000221. The van der Waals surface area contributed by atoms with Crippen molar-refractivity contribution in [3.8, 4) is 39.6 Å². The summed E-state index contributed by atoms with van der Waals surface area (Å²) in [6.45, 7) is 18.3. The molecule has 3 aromatic heterocycles. The monoisotopic (exact) mass is 1080 g/mol. The van der Waals surface area contributed by atoms with Crippen molar-refractivity contribution in [3.63, 3.8) is 0 Å². The molecule has 0 N–H and O–H groups in total. The van der Waals surface area contributed by atoms with Crippen LogP contribution in [0, 0.1) is 12.1 Å². The molecule has 5 nitrogen and oxygen atoms in total. The second-order valence-corrected chi connectivity index (χ2v) is 20.5. The van der Waals surface area contributed by atoms with Crippen LogP contribution in [0.2, 0.25) is 0 Å². The summed E-state index contributed by atoms with van der Waals surface area (Å²) in [5, 5.41) is 7.02. The molecular weight excluding hydrogens is 1020 g/mol. The van der Waals surface area contributed by atoms with Gasteiger partial charge in [0.15, 0.2) is 0 Å². The number of furan rings is 1. The van der Waals surface area contributed by atoms with Gasteiger partial charge >= 0.3 is 0 Å². The van der Waals surface area contributed by atoms with Crippen LogP contribution < -0.4 is 0 Å². The SMILES string of the molecule is CC(C)c1cc(-c2ccccc2)cc(C(C)C)c1-n1c(-c2[c-]ccc3c2oc2cc4c(ccc5ccccc54)cc23)nc2ccccc21.CC1(C)CCC(C)(C)c2nc(-c3[c-]cccc3)ncc21.[Ir]. The van der Waals surface area contributed by atoms with Crippen LogP contribution in [0.5, 0.6) is 0 Å². The largest absolute Gasteiger partial charge is 0.501 e. The van der Waals surface area contributed by atoms with Gasteiger partial charge in [-0.2, -0.15) is 0 Å². The van der Waals surface area contributed by atoms with Crippen LogP contribution in [0.4, 0.5) is 0 Å². The van der Waals surface area contributed by atoms with Crippen LogP contribution in [-0.4, -0.2) is 19.5 Å². The molecule has 1 aliphatic rings. The molecule has 6 heteroatoms. The average molecular weight is 1080 g/mol. The molecule has 0 bridgehead atoms. The molecule has 0 amide bonds.